The Kier molecular flexibility index (Phi) is 10.8. The van der Waals surface area contributed by atoms with E-state index in [9.17, 15) is 0 Å². The first-order valence-corrected chi connectivity index (χ1v) is 11.4. The molecule has 1 aliphatic carbocycles. The van der Waals surface area contributed by atoms with Crippen molar-refractivity contribution in [2.24, 2.45) is 10.9 Å². The lowest BCUT2D eigenvalue weighted by atomic mass is 9.92. The van der Waals surface area contributed by atoms with Crippen LogP contribution >= 0.6 is 24.0 Å². The van der Waals surface area contributed by atoms with E-state index in [1.165, 1.54) is 58.0 Å². The highest BCUT2D eigenvalue weighted by atomic mass is 127. The van der Waals surface area contributed by atoms with Gasteiger partial charge in [0, 0.05) is 50.7 Å². The van der Waals surface area contributed by atoms with Crippen molar-refractivity contribution in [1.82, 2.24) is 25.1 Å². The van der Waals surface area contributed by atoms with E-state index in [0.29, 0.717) is 18.5 Å². The zero-order valence-corrected chi connectivity index (χ0v) is 20.9. The quantitative estimate of drug-likeness (QED) is 0.327. The van der Waals surface area contributed by atoms with Crippen molar-refractivity contribution in [3.63, 3.8) is 0 Å². The number of hydrogen-bond acceptors (Lipinski definition) is 3. The molecular weight excluding hydrogens is 475 g/mol. The van der Waals surface area contributed by atoms with Gasteiger partial charge in [-0.05, 0) is 38.5 Å². The van der Waals surface area contributed by atoms with Gasteiger partial charge < -0.3 is 20.1 Å². The van der Waals surface area contributed by atoms with E-state index in [0.717, 1.165) is 30.9 Å². The third kappa shape index (κ3) is 7.74. The van der Waals surface area contributed by atoms with E-state index >= 15 is 0 Å². The smallest absolute Gasteiger partial charge is 0.191 e. The van der Waals surface area contributed by atoms with Crippen molar-refractivity contribution in [3.8, 4) is 0 Å². The lowest BCUT2D eigenvalue weighted by Crippen LogP contribution is -2.51. The molecule has 0 aromatic carbocycles. The number of nitrogens with zero attached hydrogens (tertiary/aromatic N) is 4. The van der Waals surface area contributed by atoms with Crippen LogP contribution in [0.2, 0.25) is 0 Å². The van der Waals surface area contributed by atoms with Crippen molar-refractivity contribution in [2.75, 3.05) is 19.6 Å². The molecule has 6 nitrogen and oxygen atoms in total. The Labute approximate surface area is 194 Å². The van der Waals surface area contributed by atoms with Crippen molar-refractivity contribution >= 4 is 29.9 Å². The van der Waals surface area contributed by atoms with Gasteiger partial charge in [-0.2, -0.15) is 0 Å². The summed E-state index contributed by atoms with van der Waals surface area (Å²) in [6.45, 7) is 11.5. The molecule has 0 amide bonds. The molecule has 1 aliphatic heterocycles. The molecule has 2 fully saturated rings. The first kappa shape index (κ1) is 24.4. The van der Waals surface area contributed by atoms with E-state index in [1.54, 1.807) is 0 Å². The molecule has 29 heavy (non-hydrogen) atoms. The molecule has 2 N–H and O–H groups in total. The van der Waals surface area contributed by atoms with Gasteiger partial charge in [0.25, 0.3) is 0 Å². The van der Waals surface area contributed by atoms with Crippen molar-refractivity contribution < 1.29 is 0 Å². The van der Waals surface area contributed by atoms with Crippen LogP contribution in [-0.4, -0.2) is 52.1 Å². The van der Waals surface area contributed by atoms with Crippen molar-refractivity contribution in [2.45, 2.75) is 90.9 Å². The fourth-order valence-corrected chi connectivity index (χ4v) is 4.57. The third-order valence-electron chi connectivity index (χ3n) is 6.05. The molecule has 0 atom stereocenters. The number of imidazole rings is 1. The van der Waals surface area contributed by atoms with Crippen LogP contribution in [0.4, 0.5) is 0 Å². The normalized spacial score (nSPS) is 19.9. The zero-order valence-electron chi connectivity index (χ0n) is 18.6. The Hall–Kier alpha value is -0.830. The second-order valence-corrected chi connectivity index (χ2v) is 8.83. The van der Waals surface area contributed by atoms with Crippen LogP contribution in [-0.2, 0) is 13.1 Å². The monoisotopic (exact) mass is 516 g/mol. The highest BCUT2D eigenvalue weighted by Gasteiger charge is 2.26. The van der Waals surface area contributed by atoms with Crippen molar-refractivity contribution in [1.29, 1.82) is 0 Å². The summed E-state index contributed by atoms with van der Waals surface area (Å²) in [5.74, 6) is 2.58. The predicted octanol–water partition coefficient (Wildman–Crippen LogP) is 4.01. The second kappa shape index (κ2) is 12.8. The molecule has 0 bridgehead atoms. The molecule has 7 heteroatoms. The Morgan fingerprint density at radius 1 is 1.17 bits per heavy atom. The van der Waals surface area contributed by atoms with E-state index in [2.05, 4.69) is 52.1 Å². The predicted molar refractivity (Wildman–Crippen MR) is 132 cm³/mol. The van der Waals surface area contributed by atoms with Crippen molar-refractivity contribution in [3.05, 3.63) is 18.2 Å². The van der Waals surface area contributed by atoms with E-state index in [-0.39, 0.29) is 24.0 Å². The molecular formula is C22H41IN6. The summed E-state index contributed by atoms with van der Waals surface area (Å²) in [6, 6.07) is 1.37. The first-order valence-electron chi connectivity index (χ1n) is 11.4. The van der Waals surface area contributed by atoms with Gasteiger partial charge in [0.05, 0.1) is 0 Å². The summed E-state index contributed by atoms with van der Waals surface area (Å²) in [4.78, 5) is 12.1. The fraction of sp³-hybridized carbons (Fsp3) is 0.818. The fourth-order valence-electron chi connectivity index (χ4n) is 4.57. The Bertz CT molecular complexity index is 600. The number of piperidine rings is 1. The minimum Gasteiger partial charge on any atom is -0.357 e. The zero-order chi connectivity index (χ0) is 19.8. The Morgan fingerprint density at radius 2 is 1.90 bits per heavy atom. The summed E-state index contributed by atoms with van der Waals surface area (Å²) in [7, 11) is 0. The van der Waals surface area contributed by atoms with Gasteiger partial charge in [-0.1, -0.05) is 33.1 Å². The molecule has 166 valence electrons. The third-order valence-corrected chi connectivity index (χ3v) is 6.05. The largest absolute Gasteiger partial charge is 0.357 e. The van der Waals surface area contributed by atoms with Crippen LogP contribution in [0.25, 0.3) is 0 Å². The molecule has 2 aliphatic rings. The van der Waals surface area contributed by atoms with Gasteiger partial charge >= 0.3 is 0 Å². The van der Waals surface area contributed by atoms with E-state index < -0.39 is 0 Å². The number of aromatic nitrogens is 2. The average molecular weight is 517 g/mol. The maximum Gasteiger partial charge on any atom is 0.191 e. The number of likely N-dealkylation sites (tertiary alicyclic amines) is 1. The lowest BCUT2D eigenvalue weighted by molar-refractivity contribution is 0.119. The topological polar surface area (TPSA) is 57.5 Å². The molecule has 3 rings (SSSR count). The number of halogens is 1. The highest BCUT2D eigenvalue weighted by Crippen LogP contribution is 2.25. The number of nitrogens with one attached hydrogen (secondary N) is 2. The number of rotatable bonds is 7. The van der Waals surface area contributed by atoms with Crippen LogP contribution < -0.4 is 10.6 Å². The van der Waals surface area contributed by atoms with Gasteiger partial charge in [-0.15, -0.1) is 24.0 Å². The highest BCUT2D eigenvalue weighted by molar-refractivity contribution is 14.0. The van der Waals surface area contributed by atoms with Crippen LogP contribution in [0.5, 0.6) is 0 Å². The Balaban J connectivity index is 0.00000300. The molecule has 1 saturated carbocycles. The lowest BCUT2D eigenvalue weighted by Gasteiger charge is -2.39. The van der Waals surface area contributed by atoms with E-state index in [4.69, 9.17) is 4.99 Å². The molecule has 1 aromatic rings. The molecule has 0 radical (unpaired) electrons. The Morgan fingerprint density at radius 3 is 2.55 bits per heavy atom. The van der Waals surface area contributed by atoms with Gasteiger partial charge in [0.15, 0.2) is 5.96 Å². The SMILES string of the molecule is CCNC(=NCc1nccn1CC(C)C)NC1CCN(C2CCCCC2)CC1.I. The second-order valence-electron chi connectivity index (χ2n) is 8.83. The van der Waals surface area contributed by atoms with Gasteiger partial charge in [0.1, 0.15) is 12.4 Å². The standard InChI is InChI=1S/C22H40N6.HI/c1-4-23-22(25-16-21-24-12-15-28(21)17-18(2)3)26-19-10-13-27(14-11-19)20-8-6-5-7-9-20;/h12,15,18-20H,4-11,13-14,16-17H2,1-3H3,(H2,23,25,26);1H. The van der Waals surface area contributed by atoms with Gasteiger partial charge in [0.2, 0.25) is 0 Å². The summed E-state index contributed by atoms with van der Waals surface area (Å²) < 4.78 is 2.22. The molecule has 1 saturated heterocycles. The minimum absolute atomic E-state index is 0. The minimum atomic E-state index is 0. The van der Waals surface area contributed by atoms with Gasteiger partial charge in [-0.25, -0.2) is 9.98 Å². The summed E-state index contributed by atoms with van der Waals surface area (Å²) >= 11 is 0. The molecule has 2 heterocycles. The van der Waals surface area contributed by atoms with Crippen LogP contribution in [0.1, 0.15) is 71.5 Å². The maximum atomic E-state index is 4.82. The molecule has 1 aromatic heterocycles. The number of aliphatic imine (C=N–C) groups is 1. The summed E-state index contributed by atoms with van der Waals surface area (Å²) in [5, 5.41) is 7.09. The summed E-state index contributed by atoms with van der Waals surface area (Å²) in [5.41, 5.74) is 0. The summed E-state index contributed by atoms with van der Waals surface area (Å²) in [6.07, 6.45) is 13.5. The number of hydrogen-bond donors (Lipinski definition) is 2. The van der Waals surface area contributed by atoms with E-state index in [1.807, 2.05) is 6.20 Å². The van der Waals surface area contributed by atoms with Crippen LogP contribution in [0, 0.1) is 5.92 Å². The number of guanidine groups is 1. The average Bonchev–Trinajstić information content (AvgIpc) is 3.14. The van der Waals surface area contributed by atoms with Gasteiger partial charge in [-0.3, -0.25) is 0 Å². The van der Waals surface area contributed by atoms with Crippen LogP contribution in [0.15, 0.2) is 17.4 Å². The first-order chi connectivity index (χ1) is 13.7. The molecule has 0 unspecified atom stereocenters. The molecule has 0 spiro atoms. The maximum absolute atomic E-state index is 4.82. The van der Waals surface area contributed by atoms with Crippen LogP contribution in [0.3, 0.4) is 0 Å².